The standard InChI is InChI=1S/C14H12N2O3S/c1-19-12-5-3-2-4-10(12)11-8-20-14-15-7-9(16(11)14)6-13(17)18/h2-5,7-8H,6H2,1H3,(H,17,18). The number of carboxylic acids is 1. The van der Waals surface area contributed by atoms with Gasteiger partial charge >= 0.3 is 5.97 Å². The normalized spacial score (nSPS) is 10.8. The molecule has 0 aliphatic rings. The van der Waals surface area contributed by atoms with E-state index in [2.05, 4.69) is 4.98 Å². The SMILES string of the molecule is COc1ccccc1-c1csc2ncc(CC(=O)O)n12. The van der Waals surface area contributed by atoms with E-state index >= 15 is 0 Å². The van der Waals surface area contributed by atoms with E-state index in [1.54, 1.807) is 13.3 Å². The van der Waals surface area contributed by atoms with Crippen molar-refractivity contribution in [2.75, 3.05) is 7.11 Å². The minimum absolute atomic E-state index is 0.0555. The van der Waals surface area contributed by atoms with Gasteiger partial charge in [0.05, 0.1) is 31.1 Å². The van der Waals surface area contributed by atoms with Gasteiger partial charge in [-0.2, -0.15) is 0 Å². The molecule has 2 heterocycles. The minimum Gasteiger partial charge on any atom is -0.496 e. The maximum atomic E-state index is 10.9. The van der Waals surface area contributed by atoms with Crippen LogP contribution in [0.4, 0.5) is 0 Å². The van der Waals surface area contributed by atoms with Gasteiger partial charge < -0.3 is 9.84 Å². The number of carbonyl (C=O) groups is 1. The zero-order chi connectivity index (χ0) is 14.1. The number of rotatable bonds is 4. The second-order valence-electron chi connectivity index (χ2n) is 4.26. The molecule has 20 heavy (non-hydrogen) atoms. The molecule has 2 aromatic heterocycles. The molecular weight excluding hydrogens is 276 g/mol. The number of aromatic nitrogens is 2. The van der Waals surface area contributed by atoms with Gasteiger partial charge in [0.1, 0.15) is 5.75 Å². The lowest BCUT2D eigenvalue weighted by Crippen LogP contribution is -2.03. The highest BCUT2D eigenvalue weighted by Gasteiger charge is 2.16. The summed E-state index contributed by atoms with van der Waals surface area (Å²) in [6, 6.07) is 7.66. The molecule has 0 saturated heterocycles. The largest absolute Gasteiger partial charge is 0.496 e. The quantitative estimate of drug-likeness (QED) is 0.801. The number of thiazole rings is 1. The van der Waals surface area contributed by atoms with Crippen molar-refractivity contribution in [3.8, 4) is 17.0 Å². The Morgan fingerprint density at radius 3 is 3.00 bits per heavy atom. The zero-order valence-electron chi connectivity index (χ0n) is 10.7. The summed E-state index contributed by atoms with van der Waals surface area (Å²) in [5, 5.41) is 10.9. The molecule has 5 nitrogen and oxygen atoms in total. The van der Waals surface area contributed by atoms with Gasteiger partial charge in [0.25, 0.3) is 0 Å². The van der Waals surface area contributed by atoms with Crippen molar-refractivity contribution < 1.29 is 14.6 Å². The predicted octanol–water partition coefficient (Wildman–Crippen LogP) is 2.70. The molecule has 1 aromatic carbocycles. The fourth-order valence-electron chi connectivity index (χ4n) is 2.19. The molecule has 102 valence electrons. The molecule has 0 amide bonds. The number of ether oxygens (including phenoxy) is 1. The van der Waals surface area contributed by atoms with Crippen molar-refractivity contribution >= 4 is 22.3 Å². The van der Waals surface area contributed by atoms with E-state index in [0.717, 1.165) is 22.0 Å². The summed E-state index contributed by atoms with van der Waals surface area (Å²) in [4.78, 5) is 16.0. The first-order valence-corrected chi connectivity index (χ1v) is 6.87. The Bertz CT molecular complexity index is 776. The number of carboxylic acid groups (broad SMARTS) is 1. The molecule has 0 fully saturated rings. The molecule has 6 heteroatoms. The van der Waals surface area contributed by atoms with Crippen LogP contribution in [0.2, 0.25) is 0 Å². The lowest BCUT2D eigenvalue weighted by Gasteiger charge is -2.08. The Labute approximate surface area is 119 Å². The average molecular weight is 288 g/mol. The first-order chi connectivity index (χ1) is 9.70. The van der Waals surface area contributed by atoms with Crippen molar-refractivity contribution in [3.05, 3.63) is 41.5 Å². The number of hydrogen-bond acceptors (Lipinski definition) is 4. The van der Waals surface area contributed by atoms with Gasteiger partial charge in [-0.15, -0.1) is 11.3 Å². The smallest absolute Gasteiger partial charge is 0.309 e. The van der Waals surface area contributed by atoms with E-state index in [1.165, 1.54) is 11.3 Å². The summed E-state index contributed by atoms with van der Waals surface area (Å²) in [5.74, 6) is -0.119. The van der Waals surface area contributed by atoms with Crippen molar-refractivity contribution in [1.82, 2.24) is 9.38 Å². The van der Waals surface area contributed by atoms with Gasteiger partial charge in [-0.3, -0.25) is 9.20 Å². The second-order valence-corrected chi connectivity index (χ2v) is 5.10. The van der Waals surface area contributed by atoms with Crippen LogP contribution in [-0.4, -0.2) is 27.6 Å². The van der Waals surface area contributed by atoms with Crippen LogP contribution in [0, 0.1) is 0 Å². The molecule has 0 radical (unpaired) electrons. The van der Waals surface area contributed by atoms with Crippen molar-refractivity contribution in [3.63, 3.8) is 0 Å². The number of benzene rings is 1. The van der Waals surface area contributed by atoms with Gasteiger partial charge in [0.2, 0.25) is 0 Å². The molecule has 0 saturated carbocycles. The molecule has 0 spiro atoms. The van der Waals surface area contributed by atoms with Gasteiger partial charge in [0, 0.05) is 10.9 Å². The van der Waals surface area contributed by atoms with E-state index in [0.29, 0.717) is 5.69 Å². The van der Waals surface area contributed by atoms with Gasteiger partial charge in [-0.05, 0) is 12.1 Å². The van der Waals surface area contributed by atoms with Crippen LogP contribution in [0.5, 0.6) is 5.75 Å². The molecule has 3 rings (SSSR count). The van der Waals surface area contributed by atoms with E-state index in [-0.39, 0.29) is 6.42 Å². The van der Waals surface area contributed by atoms with Crippen LogP contribution in [0.3, 0.4) is 0 Å². The van der Waals surface area contributed by atoms with Crippen LogP contribution in [-0.2, 0) is 11.2 Å². The molecule has 3 aromatic rings. The van der Waals surface area contributed by atoms with Crippen LogP contribution < -0.4 is 4.74 Å². The van der Waals surface area contributed by atoms with Crippen molar-refractivity contribution in [2.45, 2.75) is 6.42 Å². The number of nitrogens with zero attached hydrogens (tertiary/aromatic N) is 2. The number of fused-ring (bicyclic) bond motifs is 1. The van der Waals surface area contributed by atoms with Gasteiger partial charge in [-0.25, -0.2) is 4.98 Å². The fourth-order valence-corrected chi connectivity index (χ4v) is 3.07. The van der Waals surface area contributed by atoms with Crippen molar-refractivity contribution in [2.24, 2.45) is 0 Å². The second kappa shape index (κ2) is 4.97. The fraction of sp³-hybridized carbons (Fsp3) is 0.143. The third kappa shape index (κ3) is 2.04. The van der Waals surface area contributed by atoms with E-state index in [4.69, 9.17) is 9.84 Å². The first kappa shape index (κ1) is 12.7. The highest BCUT2D eigenvalue weighted by Crippen LogP contribution is 2.33. The molecule has 0 bridgehead atoms. The Hall–Kier alpha value is -2.34. The number of para-hydroxylation sites is 1. The summed E-state index contributed by atoms with van der Waals surface area (Å²) in [7, 11) is 1.62. The number of methoxy groups -OCH3 is 1. The third-order valence-electron chi connectivity index (χ3n) is 3.03. The third-order valence-corrected chi connectivity index (χ3v) is 3.87. The zero-order valence-corrected chi connectivity index (χ0v) is 11.6. The lowest BCUT2D eigenvalue weighted by atomic mass is 10.1. The molecule has 0 unspecified atom stereocenters. The van der Waals surface area contributed by atoms with Gasteiger partial charge in [0.15, 0.2) is 4.96 Å². The van der Waals surface area contributed by atoms with E-state index < -0.39 is 5.97 Å². The Morgan fingerprint density at radius 1 is 1.45 bits per heavy atom. The van der Waals surface area contributed by atoms with Crippen molar-refractivity contribution in [1.29, 1.82) is 0 Å². The topological polar surface area (TPSA) is 63.8 Å². The summed E-state index contributed by atoms with van der Waals surface area (Å²) >= 11 is 1.48. The summed E-state index contributed by atoms with van der Waals surface area (Å²) in [6.07, 6.45) is 1.55. The summed E-state index contributed by atoms with van der Waals surface area (Å²) in [6.45, 7) is 0. The first-order valence-electron chi connectivity index (χ1n) is 5.99. The molecule has 0 atom stereocenters. The van der Waals surface area contributed by atoms with Crippen LogP contribution >= 0.6 is 11.3 Å². The van der Waals surface area contributed by atoms with E-state index in [9.17, 15) is 4.79 Å². The molecule has 1 N–H and O–H groups in total. The maximum Gasteiger partial charge on any atom is 0.309 e. The number of aliphatic carboxylic acids is 1. The molecular formula is C14H12N2O3S. The summed E-state index contributed by atoms with van der Waals surface area (Å²) in [5.41, 5.74) is 2.48. The number of imidazole rings is 1. The predicted molar refractivity (Wildman–Crippen MR) is 76.4 cm³/mol. The van der Waals surface area contributed by atoms with E-state index in [1.807, 2.05) is 34.0 Å². The highest BCUT2D eigenvalue weighted by molar-refractivity contribution is 7.15. The number of hydrogen-bond donors (Lipinski definition) is 1. The highest BCUT2D eigenvalue weighted by atomic mass is 32.1. The van der Waals surface area contributed by atoms with Crippen LogP contribution in [0.1, 0.15) is 5.69 Å². The monoisotopic (exact) mass is 288 g/mol. The molecule has 0 aliphatic heterocycles. The molecule has 0 aliphatic carbocycles. The Balaban J connectivity index is 2.21. The Morgan fingerprint density at radius 2 is 2.25 bits per heavy atom. The summed E-state index contributed by atoms with van der Waals surface area (Å²) < 4.78 is 7.24. The minimum atomic E-state index is -0.871. The average Bonchev–Trinajstić information content (AvgIpc) is 3.01. The van der Waals surface area contributed by atoms with Crippen LogP contribution in [0.15, 0.2) is 35.8 Å². The van der Waals surface area contributed by atoms with Crippen LogP contribution in [0.25, 0.3) is 16.2 Å². The van der Waals surface area contributed by atoms with Gasteiger partial charge in [-0.1, -0.05) is 12.1 Å². The lowest BCUT2D eigenvalue weighted by molar-refractivity contribution is -0.136. The maximum absolute atomic E-state index is 10.9. The Kier molecular flexibility index (Phi) is 3.15.